The van der Waals surface area contributed by atoms with E-state index in [0.29, 0.717) is 13.2 Å². The van der Waals surface area contributed by atoms with Gasteiger partial charge in [-0.25, -0.2) is 0 Å². The molecular weight excluding hydrogens is 208 g/mol. The van der Waals surface area contributed by atoms with Crippen molar-refractivity contribution in [2.75, 3.05) is 46.5 Å². The number of nitrogens with one attached hydrogen (secondary N) is 1. The maximum absolute atomic E-state index is 12.0. The second-order valence-electron chi connectivity index (χ2n) is 4.37. The van der Waals surface area contributed by atoms with Gasteiger partial charge in [-0.2, -0.15) is 0 Å². The number of rotatable bonds is 2. The summed E-state index contributed by atoms with van der Waals surface area (Å²) < 4.78 is 10.3. The van der Waals surface area contributed by atoms with Gasteiger partial charge in [0.15, 0.2) is 0 Å². The number of methoxy groups -OCH3 is 1. The van der Waals surface area contributed by atoms with Crippen molar-refractivity contribution in [1.29, 1.82) is 0 Å². The van der Waals surface area contributed by atoms with Crippen LogP contribution < -0.4 is 5.32 Å². The van der Waals surface area contributed by atoms with Gasteiger partial charge in [-0.1, -0.05) is 0 Å². The zero-order valence-corrected chi connectivity index (χ0v) is 9.83. The van der Waals surface area contributed by atoms with Crippen molar-refractivity contribution in [1.82, 2.24) is 10.2 Å². The molecule has 0 radical (unpaired) electrons. The van der Waals surface area contributed by atoms with Crippen molar-refractivity contribution < 1.29 is 14.3 Å². The molecule has 0 amide bonds. The molecule has 92 valence electrons. The molecule has 2 saturated heterocycles. The molecule has 5 heteroatoms. The minimum Gasteiger partial charge on any atom is -0.468 e. The number of esters is 1. The highest BCUT2D eigenvalue weighted by atomic mass is 16.5. The summed E-state index contributed by atoms with van der Waals surface area (Å²) in [6.07, 6.45) is 1.50. The summed E-state index contributed by atoms with van der Waals surface area (Å²) in [4.78, 5) is 14.3. The number of hydrogen-bond donors (Lipinski definition) is 1. The molecule has 0 spiro atoms. The number of carbonyl (C=O) groups excluding carboxylic acids is 1. The molecule has 0 atom stereocenters. The predicted molar refractivity (Wildman–Crippen MR) is 59.2 cm³/mol. The van der Waals surface area contributed by atoms with Gasteiger partial charge in [0.05, 0.1) is 7.11 Å². The van der Waals surface area contributed by atoms with Crippen molar-refractivity contribution >= 4 is 5.97 Å². The molecule has 0 saturated carbocycles. The van der Waals surface area contributed by atoms with Crippen molar-refractivity contribution in [2.24, 2.45) is 0 Å². The normalized spacial score (nSPS) is 26.3. The summed E-state index contributed by atoms with van der Waals surface area (Å²) in [6, 6.07) is 0. The molecule has 2 fully saturated rings. The van der Waals surface area contributed by atoms with E-state index in [1.54, 1.807) is 0 Å². The predicted octanol–water partition coefficient (Wildman–Crippen LogP) is -0.386. The first-order chi connectivity index (χ1) is 7.79. The number of ether oxygens (including phenoxy) is 2. The average Bonchev–Trinajstić information content (AvgIpc) is 2.39. The van der Waals surface area contributed by atoms with Crippen molar-refractivity contribution in [3.63, 3.8) is 0 Å². The molecule has 0 bridgehead atoms. The molecule has 5 nitrogen and oxygen atoms in total. The van der Waals surface area contributed by atoms with E-state index in [9.17, 15) is 4.79 Å². The molecule has 0 aromatic rings. The molecule has 2 heterocycles. The lowest BCUT2D eigenvalue weighted by Crippen LogP contribution is -2.62. The fraction of sp³-hybridized carbons (Fsp3) is 0.909. The Hall–Kier alpha value is -0.650. The molecule has 0 aliphatic carbocycles. The van der Waals surface area contributed by atoms with E-state index in [1.807, 2.05) is 0 Å². The lowest BCUT2D eigenvalue weighted by Gasteiger charge is -2.45. The number of hydrogen-bond acceptors (Lipinski definition) is 5. The largest absolute Gasteiger partial charge is 0.468 e. The highest BCUT2D eigenvalue weighted by molar-refractivity contribution is 5.81. The highest BCUT2D eigenvalue weighted by Crippen LogP contribution is 2.29. The molecule has 0 unspecified atom stereocenters. The Labute approximate surface area is 96.1 Å². The molecule has 2 rings (SSSR count). The molecule has 1 N–H and O–H groups in total. The molecule has 0 aromatic carbocycles. The molecule has 2 aliphatic rings. The summed E-state index contributed by atoms with van der Waals surface area (Å²) in [5.74, 6) is -0.0994. The van der Waals surface area contributed by atoms with Gasteiger partial charge >= 0.3 is 5.97 Å². The van der Waals surface area contributed by atoms with Crippen molar-refractivity contribution in [3.8, 4) is 0 Å². The lowest BCUT2D eigenvalue weighted by molar-refractivity contribution is -0.163. The zero-order chi connectivity index (χ0) is 11.4. The fourth-order valence-electron chi connectivity index (χ4n) is 2.64. The van der Waals surface area contributed by atoms with E-state index in [0.717, 1.165) is 39.0 Å². The maximum atomic E-state index is 12.0. The first-order valence-electron chi connectivity index (χ1n) is 5.91. The van der Waals surface area contributed by atoms with Gasteiger partial charge in [-0.3, -0.25) is 9.69 Å². The van der Waals surface area contributed by atoms with Crippen LogP contribution in [0.5, 0.6) is 0 Å². The van der Waals surface area contributed by atoms with Crippen LogP contribution >= 0.6 is 0 Å². The fourth-order valence-corrected chi connectivity index (χ4v) is 2.64. The highest BCUT2D eigenvalue weighted by Gasteiger charge is 2.46. The monoisotopic (exact) mass is 228 g/mol. The smallest absolute Gasteiger partial charge is 0.326 e. The third-order valence-corrected chi connectivity index (χ3v) is 3.61. The average molecular weight is 228 g/mol. The Bertz CT molecular complexity index is 246. The van der Waals surface area contributed by atoms with Gasteiger partial charge < -0.3 is 14.8 Å². The zero-order valence-electron chi connectivity index (χ0n) is 9.83. The summed E-state index contributed by atoms with van der Waals surface area (Å²) in [5.41, 5.74) is -0.435. The lowest BCUT2D eigenvalue weighted by atomic mass is 9.87. The third kappa shape index (κ3) is 2.07. The van der Waals surface area contributed by atoms with E-state index < -0.39 is 5.54 Å². The van der Waals surface area contributed by atoms with Crippen LogP contribution in [0.1, 0.15) is 12.8 Å². The van der Waals surface area contributed by atoms with Crippen molar-refractivity contribution in [3.05, 3.63) is 0 Å². The standard InChI is InChI=1S/C11H20N2O3/c1-15-10(14)11(2-8-16-9-3-11)13-6-4-12-5-7-13/h12H,2-9H2,1H3. The van der Waals surface area contributed by atoms with Gasteiger partial charge in [-0.05, 0) is 12.8 Å². The van der Waals surface area contributed by atoms with E-state index in [2.05, 4.69) is 10.2 Å². The van der Waals surface area contributed by atoms with Crippen molar-refractivity contribution in [2.45, 2.75) is 18.4 Å². The van der Waals surface area contributed by atoms with E-state index in [1.165, 1.54) is 7.11 Å². The number of carbonyl (C=O) groups is 1. The Morgan fingerprint density at radius 3 is 2.50 bits per heavy atom. The second-order valence-corrected chi connectivity index (χ2v) is 4.37. The maximum Gasteiger partial charge on any atom is 0.326 e. The van der Waals surface area contributed by atoms with E-state index in [4.69, 9.17) is 9.47 Å². The Morgan fingerprint density at radius 2 is 1.94 bits per heavy atom. The Kier molecular flexibility index (Phi) is 3.78. The molecule has 2 aliphatic heterocycles. The quantitative estimate of drug-likeness (QED) is 0.653. The third-order valence-electron chi connectivity index (χ3n) is 3.61. The summed E-state index contributed by atoms with van der Waals surface area (Å²) in [5, 5.41) is 3.30. The van der Waals surface area contributed by atoms with Crippen LogP contribution in [-0.2, 0) is 14.3 Å². The van der Waals surface area contributed by atoms with Crippen LogP contribution in [0.2, 0.25) is 0 Å². The number of piperazine rings is 1. The van der Waals surface area contributed by atoms with Gasteiger partial charge in [0.25, 0.3) is 0 Å². The van der Waals surface area contributed by atoms with Gasteiger partial charge in [0, 0.05) is 39.4 Å². The van der Waals surface area contributed by atoms with Crippen LogP contribution in [0.15, 0.2) is 0 Å². The first kappa shape index (κ1) is 11.8. The van der Waals surface area contributed by atoms with E-state index in [-0.39, 0.29) is 5.97 Å². The SMILES string of the molecule is COC(=O)C1(N2CCNCC2)CCOCC1. The summed E-state index contributed by atoms with van der Waals surface area (Å²) in [7, 11) is 1.47. The molecular formula is C11H20N2O3. The Morgan fingerprint density at radius 1 is 1.31 bits per heavy atom. The summed E-state index contributed by atoms with van der Waals surface area (Å²) >= 11 is 0. The van der Waals surface area contributed by atoms with Gasteiger partial charge in [0.2, 0.25) is 0 Å². The summed E-state index contributed by atoms with van der Waals surface area (Å²) in [6.45, 7) is 5.02. The minimum absolute atomic E-state index is 0.0994. The van der Waals surface area contributed by atoms with Gasteiger partial charge in [-0.15, -0.1) is 0 Å². The minimum atomic E-state index is -0.435. The van der Waals surface area contributed by atoms with Crippen LogP contribution in [0.25, 0.3) is 0 Å². The van der Waals surface area contributed by atoms with Crippen LogP contribution in [-0.4, -0.2) is 62.9 Å². The second kappa shape index (κ2) is 5.12. The molecule has 16 heavy (non-hydrogen) atoms. The van der Waals surface area contributed by atoms with E-state index >= 15 is 0 Å². The van der Waals surface area contributed by atoms with Crippen LogP contribution in [0.3, 0.4) is 0 Å². The molecule has 0 aromatic heterocycles. The first-order valence-corrected chi connectivity index (χ1v) is 5.91. The Balaban J connectivity index is 2.14. The van der Waals surface area contributed by atoms with Crippen LogP contribution in [0, 0.1) is 0 Å². The van der Waals surface area contributed by atoms with Gasteiger partial charge in [0.1, 0.15) is 5.54 Å². The number of nitrogens with zero attached hydrogens (tertiary/aromatic N) is 1. The van der Waals surface area contributed by atoms with Crippen LogP contribution in [0.4, 0.5) is 0 Å². The topological polar surface area (TPSA) is 50.8 Å².